The number of aromatic nitrogens is 4. The van der Waals surface area contributed by atoms with Crippen LogP contribution >= 0.6 is 0 Å². The second kappa shape index (κ2) is 8.89. The number of anilines is 1. The van der Waals surface area contributed by atoms with Crippen molar-refractivity contribution in [1.29, 1.82) is 0 Å². The minimum Gasteiger partial charge on any atom is -0.477 e. The number of ether oxygens (including phenoxy) is 1. The van der Waals surface area contributed by atoms with Crippen molar-refractivity contribution in [2.24, 2.45) is 0 Å². The predicted molar refractivity (Wildman–Crippen MR) is 102 cm³/mol. The van der Waals surface area contributed by atoms with Gasteiger partial charge in [0.05, 0.1) is 24.2 Å². The molecule has 2 aromatic rings. The Balaban J connectivity index is 1.32. The lowest BCUT2D eigenvalue weighted by molar-refractivity contribution is 0.235. The summed E-state index contributed by atoms with van der Waals surface area (Å²) >= 11 is 0. The number of nitrogens with zero attached hydrogens (tertiary/aromatic N) is 6. The van der Waals surface area contributed by atoms with Gasteiger partial charge in [-0.15, -0.1) is 0 Å². The molecule has 7 heteroatoms. The van der Waals surface area contributed by atoms with E-state index < -0.39 is 0 Å². The molecule has 1 aliphatic heterocycles. The number of piperazine rings is 1. The van der Waals surface area contributed by atoms with Gasteiger partial charge in [-0.3, -0.25) is 9.88 Å². The maximum Gasteiger partial charge on any atom is 0.232 e. The van der Waals surface area contributed by atoms with Gasteiger partial charge in [-0.1, -0.05) is 0 Å². The third-order valence-electron chi connectivity index (χ3n) is 4.73. The first-order valence-corrected chi connectivity index (χ1v) is 9.32. The first-order valence-electron chi connectivity index (χ1n) is 9.32. The highest BCUT2D eigenvalue weighted by molar-refractivity contribution is 5.30. The minimum atomic E-state index is 0.625. The van der Waals surface area contributed by atoms with E-state index in [0.29, 0.717) is 12.5 Å². The molecule has 1 aliphatic rings. The van der Waals surface area contributed by atoms with Crippen LogP contribution in [0.2, 0.25) is 0 Å². The van der Waals surface area contributed by atoms with Gasteiger partial charge < -0.3 is 9.64 Å². The summed E-state index contributed by atoms with van der Waals surface area (Å²) in [6.07, 6.45) is 5.69. The molecule has 0 unspecified atom stereocenters. The van der Waals surface area contributed by atoms with E-state index in [9.17, 15) is 0 Å². The zero-order chi connectivity index (χ0) is 18.4. The molecule has 140 valence electrons. The SMILES string of the molecule is Cc1ccnc(N2CCN(CCCCOc3cnc(C)c(C)n3)CC2)n1. The first kappa shape index (κ1) is 18.5. The maximum absolute atomic E-state index is 5.70. The van der Waals surface area contributed by atoms with Crippen molar-refractivity contribution in [2.45, 2.75) is 33.6 Å². The van der Waals surface area contributed by atoms with Gasteiger partial charge in [0.1, 0.15) is 0 Å². The fourth-order valence-electron chi connectivity index (χ4n) is 2.96. The monoisotopic (exact) mass is 356 g/mol. The maximum atomic E-state index is 5.70. The van der Waals surface area contributed by atoms with Crippen LogP contribution in [0.15, 0.2) is 18.5 Å². The second-order valence-corrected chi connectivity index (χ2v) is 6.76. The van der Waals surface area contributed by atoms with Gasteiger partial charge >= 0.3 is 0 Å². The quantitative estimate of drug-likeness (QED) is 0.704. The second-order valence-electron chi connectivity index (χ2n) is 6.76. The Morgan fingerprint density at radius 1 is 0.962 bits per heavy atom. The summed E-state index contributed by atoms with van der Waals surface area (Å²) in [6.45, 7) is 11.8. The van der Waals surface area contributed by atoms with Crippen LogP contribution in [0, 0.1) is 20.8 Å². The van der Waals surface area contributed by atoms with E-state index in [1.165, 1.54) is 0 Å². The van der Waals surface area contributed by atoms with E-state index in [1.54, 1.807) is 6.20 Å². The predicted octanol–water partition coefficient (Wildman–Crippen LogP) is 2.17. The largest absolute Gasteiger partial charge is 0.477 e. The topological polar surface area (TPSA) is 67.3 Å². The summed E-state index contributed by atoms with van der Waals surface area (Å²) in [4.78, 5) is 22.3. The number of hydrogen-bond acceptors (Lipinski definition) is 7. The van der Waals surface area contributed by atoms with Gasteiger partial charge in [0.15, 0.2) is 0 Å². The zero-order valence-electron chi connectivity index (χ0n) is 16.0. The van der Waals surface area contributed by atoms with Crippen molar-refractivity contribution in [3.63, 3.8) is 0 Å². The van der Waals surface area contributed by atoms with Crippen LogP contribution in [-0.4, -0.2) is 64.2 Å². The summed E-state index contributed by atoms with van der Waals surface area (Å²) in [5.74, 6) is 1.48. The molecule has 0 N–H and O–H groups in total. The lowest BCUT2D eigenvalue weighted by Crippen LogP contribution is -2.47. The lowest BCUT2D eigenvalue weighted by Gasteiger charge is -2.34. The molecule has 0 bridgehead atoms. The molecule has 0 radical (unpaired) electrons. The molecule has 0 aromatic carbocycles. The molecule has 1 fully saturated rings. The summed E-state index contributed by atoms with van der Waals surface area (Å²) in [5, 5.41) is 0. The number of aryl methyl sites for hydroxylation is 3. The molecule has 3 heterocycles. The highest BCUT2D eigenvalue weighted by Crippen LogP contribution is 2.12. The first-order chi connectivity index (χ1) is 12.6. The van der Waals surface area contributed by atoms with Crippen LogP contribution in [-0.2, 0) is 0 Å². The highest BCUT2D eigenvalue weighted by atomic mass is 16.5. The van der Waals surface area contributed by atoms with E-state index in [1.807, 2.05) is 33.0 Å². The summed E-state index contributed by atoms with van der Waals surface area (Å²) in [5.41, 5.74) is 2.90. The summed E-state index contributed by atoms with van der Waals surface area (Å²) < 4.78 is 5.70. The van der Waals surface area contributed by atoms with E-state index in [0.717, 1.165) is 68.6 Å². The molecule has 7 nitrogen and oxygen atoms in total. The van der Waals surface area contributed by atoms with Crippen LogP contribution in [0.5, 0.6) is 5.88 Å². The van der Waals surface area contributed by atoms with E-state index in [4.69, 9.17) is 4.74 Å². The molecule has 0 amide bonds. The fourth-order valence-corrected chi connectivity index (χ4v) is 2.96. The van der Waals surface area contributed by atoms with Crippen molar-refractivity contribution in [2.75, 3.05) is 44.2 Å². The molecule has 3 rings (SSSR count). The minimum absolute atomic E-state index is 0.625. The smallest absolute Gasteiger partial charge is 0.232 e. The van der Waals surface area contributed by atoms with Crippen molar-refractivity contribution < 1.29 is 4.74 Å². The van der Waals surface area contributed by atoms with Crippen LogP contribution < -0.4 is 9.64 Å². The van der Waals surface area contributed by atoms with Gasteiger partial charge in [0.2, 0.25) is 11.8 Å². The average Bonchev–Trinajstić information content (AvgIpc) is 2.65. The molecule has 0 aliphatic carbocycles. The molecule has 0 atom stereocenters. The molecule has 2 aromatic heterocycles. The van der Waals surface area contributed by atoms with Crippen LogP contribution in [0.25, 0.3) is 0 Å². The highest BCUT2D eigenvalue weighted by Gasteiger charge is 2.18. The molecule has 0 spiro atoms. The van der Waals surface area contributed by atoms with Crippen molar-refractivity contribution in [3.05, 3.63) is 35.5 Å². The van der Waals surface area contributed by atoms with Crippen LogP contribution in [0.4, 0.5) is 5.95 Å². The van der Waals surface area contributed by atoms with Crippen molar-refractivity contribution in [1.82, 2.24) is 24.8 Å². The van der Waals surface area contributed by atoms with Gasteiger partial charge in [-0.2, -0.15) is 0 Å². The standard InChI is InChI=1S/C19H28N6O/c1-15-6-7-20-19(22-15)25-11-9-24(10-12-25)8-4-5-13-26-18-14-21-16(2)17(3)23-18/h6-7,14H,4-5,8-13H2,1-3H3. The normalized spacial score (nSPS) is 15.3. The summed E-state index contributed by atoms with van der Waals surface area (Å²) in [7, 11) is 0. The molecule has 1 saturated heterocycles. The van der Waals surface area contributed by atoms with Gasteiger partial charge in [-0.25, -0.2) is 15.0 Å². The lowest BCUT2D eigenvalue weighted by atomic mass is 10.2. The Labute approximate surface area is 155 Å². The Morgan fingerprint density at radius 2 is 1.77 bits per heavy atom. The van der Waals surface area contributed by atoms with E-state index in [-0.39, 0.29) is 0 Å². The molecular weight excluding hydrogens is 328 g/mol. The Kier molecular flexibility index (Phi) is 6.33. The third-order valence-corrected chi connectivity index (χ3v) is 4.73. The Morgan fingerprint density at radius 3 is 2.50 bits per heavy atom. The van der Waals surface area contributed by atoms with Crippen LogP contribution in [0.3, 0.4) is 0 Å². The summed E-state index contributed by atoms with van der Waals surface area (Å²) in [6, 6.07) is 1.94. The Hall–Kier alpha value is -2.28. The fraction of sp³-hybridized carbons (Fsp3) is 0.579. The Bertz CT molecular complexity index is 715. The molecule has 26 heavy (non-hydrogen) atoms. The number of unbranched alkanes of at least 4 members (excludes halogenated alkanes) is 1. The van der Waals surface area contributed by atoms with E-state index in [2.05, 4.69) is 29.7 Å². The van der Waals surface area contributed by atoms with Crippen molar-refractivity contribution in [3.8, 4) is 5.88 Å². The van der Waals surface area contributed by atoms with Crippen molar-refractivity contribution >= 4 is 5.95 Å². The zero-order valence-corrected chi connectivity index (χ0v) is 16.0. The van der Waals surface area contributed by atoms with E-state index >= 15 is 0 Å². The van der Waals surface area contributed by atoms with Gasteiger partial charge in [0, 0.05) is 38.1 Å². The van der Waals surface area contributed by atoms with Crippen LogP contribution in [0.1, 0.15) is 29.9 Å². The average molecular weight is 356 g/mol. The number of rotatable bonds is 7. The van der Waals surface area contributed by atoms with Gasteiger partial charge in [-0.05, 0) is 46.2 Å². The molecule has 0 saturated carbocycles. The molecular formula is C19H28N6O. The third kappa shape index (κ3) is 5.11. The van der Waals surface area contributed by atoms with Gasteiger partial charge in [0.25, 0.3) is 0 Å². The number of hydrogen-bond donors (Lipinski definition) is 0.